The molecule has 0 radical (unpaired) electrons. The van der Waals surface area contributed by atoms with Crippen LogP contribution >= 0.6 is 0 Å². The molecule has 2 atom stereocenters. The zero-order valence-electron chi connectivity index (χ0n) is 11.8. The van der Waals surface area contributed by atoms with Crippen molar-refractivity contribution in [2.45, 2.75) is 43.7 Å². The number of hydrogen-bond donors (Lipinski definition) is 1. The molecular weight excluding hydrogens is 276 g/mol. The van der Waals surface area contributed by atoms with E-state index in [0.29, 0.717) is 23.9 Å². The summed E-state index contributed by atoms with van der Waals surface area (Å²) < 4.78 is 28.6. The Morgan fingerprint density at radius 2 is 2.30 bits per heavy atom. The van der Waals surface area contributed by atoms with E-state index in [1.165, 1.54) is 12.6 Å². The van der Waals surface area contributed by atoms with Crippen molar-refractivity contribution in [1.82, 2.24) is 19.4 Å². The SMILES string of the molecule is CCNCCn1cc(S(=O)(=O)N2CC3CCC2C3)cn1. The molecule has 1 saturated heterocycles. The summed E-state index contributed by atoms with van der Waals surface area (Å²) in [4.78, 5) is 0.335. The first kappa shape index (κ1) is 14.0. The molecule has 1 N–H and O–H groups in total. The molecule has 1 aromatic rings. The number of nitrogens with zero attached hydrogens (tertiary/aromatic N) is 3. The molecule has 1 aromatic heterocycles. The molecule has 3 rings (SSSR count). The van der Waals surface area contributed by atoms with Gasteiger partial charge in [0.25, 0.3) is 0 Å². The topological polar surface area (TPSA) is 67.2 Å². The summed E-state index contributed by atoms with van der Waals surface area (Å²) in [5.41, 5.74) is 0. The third-order valence-corrected chi connectivity index (χ3v) is 6.21. The summed E-state index contributed by atoms with van der Waals surface area (Å²) >= 11 is 0. The van der Waals surface area contributed by atoms with E-state index in [1.807, 2.05) is 6.92 Å². The van der Waals surface area contributed by atoms with Crippen LogP contribution in [0.15, 0.2) is 17.3 Å². The molecule has 6 nitrogen and oxygen atoms in total. The molecule has 112 valence electrons. The molecule has 0 amide bonds. The molecule has 2 aliphatic rings. The number of fused-ring (bicyclic) bond motifs is 2. The highest BCUT2D eigenvalue weighted by atomic mass is 32.2. The fourth-order valence-corrected chi connectivity index (χ4v) is 4.98. The van der Waals surface area contributed by atoms with Gasteiger partial charge in [0.1, 0.15) is 4.90 Å². The second kappa shape index (κ2) is 5.46. The summed E-state index contributed by atoms with van der Waals surface area (Å²) in [6.07, 6.45) is 6.36. The second-order valence-electron chi connectivity index (χ2n) is 5.70. The highest BCUT2D eigenvalue weighted by Gasteiger charge is 2.44. The fourth-order valence-electron chi connectivity index (χ4n) is 3.28. The molecule has 20 heavy (non-hydrogen) atoms. The second-order valence-corrected chi connectivity index (χ2v) is 7.59. The van der Waals surface area contributed by atoms with Crippen LogP contribution in [-0.4, -0.2) is 48.2 Å². The number of nitrogens with one attached hydrogen (secondary N) is 1. The smallest absolute Gasteiger partial charge is 0.246 e. The Labute approximate surface area is 120 Å². The zero-order chi connectivity index (χ0) is 14.2. The van der Waals surface area contributed by atoms with E-state index in [2.05, 4.69) is 10.4 Å². The normalized spacial score (nSPS) is 26.4. The predicted molar refractivity (Wildman–Crippen MR) is 75.8 cm³/mol. The highest BCUT2D eigenvalue weighted by Crippen LogP contribution is 2.40. The number of piperidine rings is 1. The van der Waals surface area contributed by atoms with Crippen LogP contribution in [0.4, 0.5) is 0 Å². The van der Waals surface area contributed by atoms with Crippen LogP contribution in [0.25, 0.3) is 0 Å². The van der Waals surface area contributed by atoms with Crippen LogP contribution in [0.2, 0.25) is 0 Å². The molecule has 7 heteroatoms. The largest absolute Gasteiger partial charge is 0.315 e. The average molecular weight is 298 g/mol. The van der Waals surface area contributed by atoms with Gasteiger partial charge in [-0.3, -0.25) is 4.68 Å². The molecule has 2 unspecified atom stereocenters. The van der Waals surface area contributed by atoms with Crippen molar-refractivity contribution >= 4 is 10.0 Å². The minimum absolute atomic E-state index is 0.218. The predicted octanol–water partition coefficient (Wildman–Crippen LogP) is 0.666. The molecule has 2 fully saturated rings. The maximum absolute atomic E-state index is 12.6. The number of likely N-dealkylation sites (N-methyl/N-ethyl adjacent to an activating group) is 1. The van der Waals surface area contributed by atoms with E-state index in [4.69, 9.17) is 0 Å². The maximum Gasteiger partial charge on any atom is 0.246 e. The van der Waals surface area contributed by atoms with Gasteiger partial charge in [-0.2, -0.15) is 9.40 Å². The Kier molecular flexibility index (Phi) is 3.83. The zero-order valence-corrected chi connectivity index (χ0v) is 12.6. The van der Waals surface area contributed by atoms with Crippen LogP contribution in [0.3, 0.4) is 0 Å². The Hall–Kier alpha value is -0.920. The van der Waals surface area contributed by atoms with E-state index in [0.717, 1.165) is 25.9 Å². The summed E-state index contributed by atoms with van der Waals surface area (Å²) in [6, 6.07) is 0.218. The molecule has 1 aliphatic carbocycles. The summed E-state index contributed by atoms with van der Waals surface area (Å²) in [5.74, 6) is 0.568. The van der Waals surface area contributed by atoms with Gasteiger partial charge in [-0.05, 0) is 31.7 Å². The Balaban J connectivity index is 1.71. The number of sulfonamides is 1. The van der Waals surface area contributed by atoms with Crippen molar-refractivity contribution in [3.8, 4) is 0 Å². The minimum atomic E-state index is -3.35. The lowest BCUT2D eigenvalue weighted by Gasteiger charge is -2.25. The van der Waals surface area contributed by atoms with E-state index >= 15 is 0 Å². The summed E-state index contributed by atoms with van der Waals surface area (Å²) in [5, 5.41) is 7.36. The van der Waals surface area contributed by atoms with Crippen molar-refractivity contribution in [2.75, 3.05) is 19.6 Å². The lowest BCUT2D eigenvalue weighted by atomic mass is 10.1. The van der Waals surface area contributed by atoms with E-state index in [9.17, 15) is 8.42 Å². The lowest BCUT2D eigenvalue weighted by molar-refractivity contribution is 0.333. The highest BCUT2D eigenvalue weighted by molar-refractivity contribution is 7.89. The van der Waals surface area contributed by atoms with Gasteiger partial charge >= 0.3 is 0 Å². The van der Waals surface area contributed by atoms with Gasteiger partial charge < -0.3 is 5.32 Å². The van der Waals surface area contributed by atoms with Crippen LogP contribution in [0, 0.1) is 5.92 Å². The van der Waals surface area contributed by atoms with Gasteiger partial charge in [-0.15, -0.1) is 0 Å². The van der Waals surface area contributed by atoms with Crippen LogP contribution in [-0.2, 0) is 16.6 Å². The van der Waals surface area contributed by atoms with E-state index in [1.54, 1.807) is 15.2 Å². The monoisotopic (exact) mass is 298 g/mol. The third kappa shape index (κ3) is 2.49. The van der Waals surface area contributed by atoms with Crippen LogP contribution in [0.1, 0.15) is 26.2 Å². The van der Waals surface area contributed by atoms with Crippen LogP contribution < -0.4 is 5.32 Å². The van der Waals surface area contributed by atoms with E-state index < -0.39 is 10.0 Å². The molecule has 1 saturated carbocycles. The Morgan fingerprint density at radius 3 is 2.95 bits per heavy atom. The first-order valence-corrected chi connectivity index (χ1v) is 8.80. The van der Waals surface area contributed by atoms with Crippen molar-refractivity contribution in [2.24, 2.45) is 5.92 Å². The molecule has 2 heterocycles. The summed E-state index contributed by atoms with van der Waals surface area (Å²) in [7, 11) is -3.35. The molecule has 1 aliphatic heterocycles. The van der Waals surface area contributed by atoms with Crippen molar-refractivity contribution in [3.63, 3.8) is 0 Å². The molecular formula is C13H22N4O2S. The van der Waals surface area contributed by atoms with Gasteiger partial charge in [0.2, 0.25) is 10.0 Å². The fraction of sp³-hybridized carbons (Fsp3) is 0.769. The average Bonchev–Trinajstić information content (AvgIpc) is 3.15. The standard InChI is InChI=1S/C13H22N4O2S/c1-2-14-5-6-16-10-13(8-15-16)20(18,19)17-9-11-3-4-12(17)7-11/h8,10-12,14H,2-7,9H2,1H3. The van der Waals surface area contributed by atoms with E-state index in [-0.39, 0.29) is 6.04 Å². The van der Waals surface area contributed by atoms with Gasteiger partial charge in [0, 0.05) is 25.3 Å². The minimum Gasteiger partial charge on any atom is -0.315 e. The van der Waals surface area contributed by atoms with Crippen molar-refractivity contribution < 1.29 is 8.42 Å². The van der Waals surface area contributed by atoms with Gasteiger partial charge in [-0.1, -0.05) is 6.92 Å². The lowest BCUT2D eigenvalue weighted by Crippen LogP contribution is -2.37. The first-order chi connectivity index (χ1) is 9.61. The van der Waals surface area contributed by atoms with Gasteiger partial charge in [0.15, 0.2) is 0 Å². The quantitative estimate of drug-likeness (QED) is 0.784. The van der Waals surface area contributed by atoms with Gasteiger partial charge in [0.05, 0.1) is 12.7 Å². The Bertz CT molecular complexity index is 569. The number of aromatic nitrogens is 2. The summed E-state index contributed by atoms with van der Waals surface area (Å²) in [6.45, 7) is 5.13. The Morgan fingerprint density at radius 1 is 1.45 bits per heavy atom. The number of rotatable bonds is 6. The number of hydrogen-bond acceptors (Lipinski definition) is 4. The molecule has 0 aromatic carbocycles. The third-order valence-electron chi connectivity index (χ3n) is 4.34. The first-order valence-electron chi connectivity index (χ1n) is 7.36. The maximum atomic E-state index is 12.6. The van der Waals surface area contributed by atoms with Crippen molar-refractivity contribution in [1.29, 1.82) is 0 Å². The molecule has 0 spiro atoms. The van der Waals surface area contributed by atoms with Crippen molar-refractivity contribution in [3.05, 3.63) is 12.4 Å². The van der Waals surface area contributed by atoms with Gasteiger partial charge in [-0.25, -0.2) is 8.42 Å². The van der Waals surface area contributed by atoms with Crippen LogP contribution in [0.5, 0.6) is 0 Å². The molecule has 2 bridgehead atoms.